The topological polar surface area (TPSA) is 55.6 Å². The number of hydrogen-bond donors (Lipinski definition) is 1. The molecule has 15 heavy (non-hydrogen) atoms. The third kappa shape index (κ3) is 1.42. The number of benzene rings is 1. The second kappa shape index (κ2) is 3.15. The highest BCUT2D eigenvalue weighted by Gasteiger charge is 2.29. The molecule has 1 amide bonds. The lowest BCUT2D eigenvalue weighted by molar-refractivity contribution is -0.125. The molecule has 1 aliphatic rings. The Hall–Kier alpha value is -1.71. The first-order chi connectivity index (χ1) is 7.00. The molecular formula is C11H14N2O2. The quantitative estimate of drug-likeness (QED) is 0.651. The molecular weight excluding hydrogens is 192 g/mol. The Kier molecular flexibility index (Phi) is 2.07. The van der Waals surface area contributed by atoms with Gasteiger partial charge in [-0.3, -0.25) is 4.79 Å². The van der Waals surface area contributed by atoms with Gasteiger partial charge in [-0.15, -0.1) is 0 Å². The maximum Gasteiger partial charge on any atom is 0.267 e. The molecule has 0 aliphatic carbocycles. The number of likely N-dealkylation sites (N-methyl/N-ethyl adjacent to an activating group) is 1. The van der Waals surface area contributed by atoms with E-state index < -0.39 is 6.10 Å². The van der Waals surface area contributed by atoms with Gasteiger partial charge in [0.15, 0.2) is 6.10 Å². The number of nitrogens with two attached hydrogens (primary N) is 1. The summed E-state index contributed by atoms with van der Waals surface area (Å²) in [7, 11) is 1.74. The van der Waals surface area contributed by atoms with Crippen LogP contribution in [0.1, 0.15) is 12.5 Å². The van der Waals surface area contributed by atoms with Crippen LogP contribution < -0.4 is 15.4 Å². The largest absolute Gasteiger partial charge is 0.478 e. The van der Waals surface area contributed by atoms with E-state index in [1.54, 1.807) is 24.9 Å². The first-order valence-electron chi connectivity index (χ1n) is 4.85. The van der Waals surface area contributed by atoms with E-state index in [4.69, 9.17) is 10.5 Å². The van der Waals surface area contributed by atoms with E-state index in [0.717, 1.165) is 17.0 Å². The van der Waals surface area contributed by atoms with E-state index in [1.165, 1.54) is 0 Å². The maximum atomic E-state index is 11.7. The van der Waals surface area contributed by atoms with E-state index in [1.807, 2.05) is 13.0 Å². The lowest BCUT2D eigenvalue weighted by Crippen LogP contribution is -2.42. The molecule has 2 rings (SSSR count). The lowest BCUT2D eigenvalue weighted by atomic mass is 10.1. The van der Waals surface area contributed by atoms with Gasteiger partial charge in [-0.1, -0.05) is 0 Å². The standard InChI is InChI=1S/C11H14N2O2/c1-6-4-8(12)5-9-10(6)15-7(2)11(14)13(9)3/h4-5,7H,12H2,1-3H3. The predicted octanol–water partition coefficient (Wildman–Crippen LogP) is 1.32. The summed E-state index contributed by atoms with van der Waals surface area (Å²) in [6.07, 6.45) is -0.426. The molecule has 0 radical (unpaired) electrons. The van der Waals surface area contributed by atoms with Gasteiger partial charge in [0.25, 0.3) is 5.91 Å². The van der Waals surface area contributed by atoms with E-state index in [2.05, 4.69) is 0 Å². The van der Waals surface area contributed by atoms with Crippen LogP contribution in [-0.2, 0) is 4.79 Å². The highest BCUT2D eigenvalue weighted by Crippen LogP contribution is 2.37. The monoisotopic (exact) mass is 206 g/mol. The molecule has 80 valence electrons. The number of ether oxygens (including phenoxy) is 1. The molecule has 1 aliphatic heterocycles. The maximum absolute atomic E-state index is 11.7. The average molecular weight is 206 g/mol. The van der Waals surface area contributed by atoms with Crippen molar-refractivity contribution in [2.75, 3.05) is 17.7 Å². The molecule has 1 aromatic carbocycles. The fraction of sp³-hybridized carbons (Fsp3) is 0.364. The van der Waals surface area contributed by atoms with Crippen molar-refractivity contribution in [1.29, 1.82) is 0 Å². The fourth-order valence-electron chi connectivity index (χ4n) is 1.80. The van der Waals surface area contributed by atoms with Gasteiger partial charge in [-0.05, 0) is 31.5 Å². The molecule has 0 bridgehead atoms. The third-order valence-corrected chi connectivity index (χ3v) is 2.61. The van der Waals surface area contributed by atoms with E-state index in [9.17, 15) is 4.79 Å². The number of amides is 1. The van der Waals surface area contributed by atoms with Crippen LogP contribution >= 0.6 is 0 Å². The molecule has 2 N–H and O–H groups in total. The molecule has 0 saturated carbocycles. The van der Waals surface area contributed by atoms with Gasteiger partial charge in [-0.2, -0.15) is 0 Å². The van der Waals surface area contributed by atoms with Crippen molar-refractivity contribution in [3.8, 4) is 5.75 Å². The van der Waals surface area contributed by atoms with Crippen LogP contribution in [0, 0.1) is 6.92 Å². The highest BCUT2D eigenvalue weighted by molar-refractivity contribution is 6.00. The Labute approximate surface area is 88.6 Å². The molecule has 4 nitrogen and oxygen atoms in total. The number of anilines is 2. The molecule has 1 heterocycles. The van der Waals surface area contributed by atoms with E-state index in [0.29, 0.717) is 5.69 Å². The van der Waals surface area contributed by atoms with Crippen LogP contribution in [0.4, 0.5) is 11.4 Å². The SMILES string of the molecule is Cc1cc(N)cc2c1OC(C)C(=O)N2C. The van der Waals surface area contributed by atoms with Crippen molar-refractivity contribution in [2.24, 2.45) is 0 Å². The van der Waals surface area contributed by atoms with Crippen molar-refractivity contribution in [1.82, 2.24) is 0 Å². The first-order valence-corrected chi connectivity index (χ1v) is 4.85. The Morgan fingerprint density at radius 3 is 2.80 bits per heavy atom. The fourth-order valence-corrected chi connectivity index (χ4v) is 1.80. The number of rotatable bonds is 0. The smallest absolute Gasteiger partial charge is 0.267 e. The Morgan fingerprint density at radius 2 is 2.13 bits per heavy atom. The second-order valence-electron chi connectivity index (χ2n) is 3.84. The van der Waals surface area contributed by atoms with Crippen LogP contribution in [0.3, 0.4) is 0 Å². The van der Waals surface area contributed by atoms with Gasteiger partial charge in [0.05, 0.1) is 5.69 Å². The lowest BCUT2D eigenvalue weighted by Gasteiger charge is -2.31. The first kappa shape index (κ1) is 9.83. The van der Waals surface area contributed by atoms with Gasteiger partial charge in [0, 0.05) is 12.7 Å². The minimum atomic E-state index is -0.426. The van der Waals surface area contributed by atoms with Crippen LogP contribution in [-0.4, -0.2) is 19.1 Å². The summed E-state index contributed by atoms with van der Waals surface area (Å²) in [5, 5.41) is 0. The summed E-state index contributed by atoms with van der Waals surface area (Å²) in [4.78, 5) is 13.3. The highest BCUT2D eigenvalue weighted by atomic mass is 16.5. The molecule has 1 unspecified atom stereocenters. The summed E-state index contributed by atoms with van der Waals surface area (Å²) in [5.74, 6) is 0.700. The second-order valence-corrected chi connectivity index (χ2v) is 3.84. The van der Waals surface area contributed by atoms with E-state index in [-0.39, 0.29) is 5.91 Å². The average Bonchev–Trinajstić information content (AvgIpc) is 2.17. The summed E-state index contributed by atoms with van der Waals surface area (Å²) < 4.78 is 5.55. The number of fused-ring (bicyclic) bond motifs is 1. The third-order valence-electron chi connectivity index (χ3n) is 2.61. The van der Waals surface area contributed by atoms with Crippen molar-refractivity contribution in [2.45, 2.75) is 20.0 Å². The molecule has 0 aromatic heterocycles. The van der Waals surface area contributed by atoms with Crippen LogP contribution in [0.2, 0.25) is 0 Å². The molecule has 0 spiro atoms. The van der Waals surface area contributed by atoms with Crippen molar-refractivity contribution in [3.05, 3.63) is 17.7 Å². The summed E-state index contributed by atoms with van der Waals surface area (Å²) >= 11 is 0. The summed E-state index contributed by atoms with van der Waals surface area (Å²) in [6.45, 7) is 3.67. The predicted molar refractivity (Wildman–Crippen MR) is 59.1 cm³/mol. The summed E-state index contributed by atoms with van der Waals surface area (Å²) in [5.41, 5.74) is 8.07. The Balaban J connectivity index is 2.60. The van der Waals surface area contributed by atoms with Crippen LogP contribution in [0.15, 0.2) is 12.1 Å². The normalized spacial score (nSPS) is 19.8. The van der Waals surface area contributed by atoms with Gasteiger partial charge in [0.1, 0.15) is 5.75 Å². The van der Waals surface area contributed by atoms with Crippen LogP contribution in [0.25, 0.3) is 0 Å². The molecule has 4 heteroatoms. The molecule has 0 saturated heterocycles. The molecule has 0 fully saturated rings. The number of nitrogen functional groups attached to an aromatic ring is 1. The van der Waals surface area contributed by atoms with Crippen molar-refractivity contribution >= 4 is 17.3 Å². The van der Waals surface area contributed by atoms with Gasteiger partial charge in [0.2, 0.25) is 0 Å². The van der Waals surface area contributed by atoms with Gasteiger partial charge < -0.3 is 15.4 Å². The number of nitrogens with zero attached hydrogens (tertiary/aromatic N) is 1. The van der Waals surface area contributed by atoms with Gasteiger partial charge >= 0.3 is 0 Å². The van der Waals surface area contributed by atoms with E-state index >= 15 is 0 Å². The zero-order valence-corrected chi connectivity index (χ0v) is 9.07. The zero-order chi connectivity index (χ0) is 11.2. The molecule has 1 atom stereocenters. The van der Waals surface area contributed by atoms with Crippen LogP contribution in [0.5, 0.6) is 5.75 Å². The molecule has 1 aromatic rings. The number of aryl methyl sites for hydroxylation is 1. The summed E-state index contributed by atoms with van der Waals surface area (Å²) in [6, 6.07) is 3.60. The van der Waals surface area contributed by atoms with Gasteiger partial charge in [-0.25, -0.2) is 0 Å². The van der Waals surface area contributed by atoms with Crippen molar-refractivity contribution < 1.29 is 9.53 Å². The zero-order valence-electron chi connectivity index (χ0n) is 9.07. The number of hydrogen-bond acceptors (Lipinski definition) is 3. The number of carbonyl (C=O) groups is 1. The minimum Gasteiger partial charge on any atom is -0.478 e. The Bertz CT molecular complexity index is 429. The Morgan fingerprint density at radius 1 is 1.47 bits per heavy atom. The van der Waals surface area contributed by atoms with Crippen molar-refractivity contribution in [3.63, 3.8) is 0 Å². The minimum absolute atomic E-state index is 0.0486. The number of carbonyl (C=O) groups excluding carboxylic acids is 1.